The highest BCUT2D eigenvalue weighted by atomic mass is 35.5. The number of aryl methyl sites for hydroxylation is 1. The van der Waals surface area contributed by atoms with Gasteiger partial charge in [-0.25, -0.2) is 0 Å². The zero-order valence-corrected chi connectivity index (χ0v) is 8.60. The van der Waals surface area contributed by atoms with Crippen LogP contribution in [0.1, 0.15) is 6.92 Å². The average molecular weight is 215 g/mol. The third-order valence-corrected chi connectivity index (χ3v) is 2.48. The zero-order valence-electron chi connectivity index (χ0n) is 7.09. The minimum Gasteiger partial charge on any atom is -0.264 e. The van der Waals surface area contributed by atoms with E-state index in [4.69, 9.17) is 23.2 Å². The number of aromatic nitrogens is 2. The Bertz CT molecular complexity index is 448. The summed E-state index contributed by atoms with van der Waals surface area (Å²) >= 11 is 11.8. The molecule has 2 aromatic rings. The van der Waals surface area contributed by atoms with Crippen molar-refractivity contribution >= 4 is 34.1 Å². The first-order valence-electron chi connectivity index (χ1n) is 4.04. The van der Waals surface area contributed by atoms with Crippen molar-refractivity contribution in [2.75, 3.05) is 0 Å². The number of hydrogen-bond acceptors (Lipinski definition) is 1. The number of rotatable bonds is 1. The quantitative estimate of drug-likeness (QED) is 0.713. The molecule has 0 aliphatic heterocycles. The third-order valence-electron chi connectivity index (χ3n) is 1.97. The molecule has 13 heavy (non-hydrogen) atoms. The summed E-state index contributed by atoms with van der Waals surface area (Å²) in [5.41, 5.74) is 0.986. The monoisotopic (exact) mass is 214 g/mol. The van der Waals surface area contributed by atoms with Gasteiger partial charge >= 0.3 is 0 Å². The molecule has 2 nitrogen and oxygen atoms in total. The number of benzene rings is 1. The molecular formula is C9H8Cl2N2. The molecule has 0 saturated carbocycles. The molecule has 0 unspecified atom stereocenters. The molecule has 0 spiro atoms. The van der Waals surface area contributed by atoms with Crippen LogP contribution in [0.3, 0.4) is 0 Å². The molecule has 0 saturated heterocycles. The predicted octanol–water partition coefficient (Wildman–Crippen LogP) is 3.36. The van der Waals surface area contributed by atoms with E-state index in [0.717, 1.165) is 17.4 Å². The van der Waals surface area contributed by atoms with Crippen molar-refractivity contribution in [1.82, 2.24) is 9.78 Å². The molecule has 0 amide bonds. The van der Waals surface area contributed by atoms with E-state index in [2.05, 4.69) is 5.10 Å². The first kappa shape index (κ1) is 8.85. The summed E-state index contributed by atoms with van der Waals surface area (Å²) in [5.74, 6) is 0. The summed E-state index contributed by atoms with van der Waals surface area (Å²) in [5, 5.41) is 6.37. The molecule has 0 radical (unpaired) electrons. The van der Waals surface area contributed by atoms with Crippen LogP contribution >= 0.6 is 23.2 Å². The van der Waals surface area contributed by atoms with E-state index in [1.54, 1.807) is 0 Å². The fraction of sp³-hybridized carbons (Fsp3) is 0.222. The molecule has 0 N–H and O–H groups in total. The van der Waals surface area contributed by atoms with Crippen LogP contribution in [0.5, 0.6) is 0 Å². The van der Waals surface area contributed by atoms with Crippen molar-refractivity contribution in [3.05, 3.63) is 28.4 Å². The Kier molecular flexibility index (Phi) is 2.18. The summed E-state index contributed by atoms with van der Waals surface area (Å²) in [4.78, 5) is 0. The second-order valence-corrected chi connectivity index (χ2v) is 3.56. The van der Waals surface area contributed by atoms with Gasteiger partial charge in [0.1, 0.15) is 0 Å². The van der Waals surface area contributed by atoms with E-state index in [0.29, 0.717) is 10.2 Å². The van der Waals surface area contributed by atoms with Gasteiger partial charge < -0.3 is 0 Å². The van der Waals surface area contributed by atoms with E-state index in [1.165, 1.54) is 0 Å². The van der Waals surface area contributed by atoms with Crippen molar-refractivity contribution < 1.29 is 0 Å². The Morgan fingerprint density at radius 1 is 1.38 bits per heavy atom. The minimum absolute atomic E-state index is 0.536. The lowest BCUT2D eigenvalue weighted by Gasteiger charge is -1.97. The normalized spacial score (nSPS) is 11.0. The van der Waals surface area contributed by atoms with Gasteiger partial charge in [0.05, 0.1) is 5.52 Å². The smallest absolute Gasteiger partial charge is 0.158 e. The van der Waals surface area contributed by atoms with E-state index in [-0.39, 0.29) is 0 Å². The van der Waals surface area contributed by atoms with Crippen LogP contribution in [-0.4, -0.2) is 9.78 Å². The van der Waals surface area contributed by atoms with Gasteiger partial charge in [0, 0.05) is 17.0 Å². The summed E-state index contributed by atoms with van der Waals surface area (Å²) in [6.07, 6.45) is 0. The van der Waals surface area contributed by atoms with Crippen molar-refractivity contribution in [2.45, 2.75) is 13.5 Å². The predicted molar refractivity (Wildman–Crippen MR) is 55.4 cm³/mol. The fourth-order valence-corrected chi connectivity index (χ4v) is 1.76. The lowest BCUT2D eigenvalue weighted by Crippen LogP contribution is -1.94. The SMILES string of the molecule is CCn1nc(Cl)c2ccc(Cl)cc21. The molecule has 68 valence electrons. The van der Waals surface area contributed by atoms with Gasteiger partial charge in [-0.3, -0.25) is 4.68 Å². The van der Waals surface area contributed by atoms with Crippen LogP contribution < -0.4 is 0 Å². The Hall–Kier alpha value is -0.730. The number of nitrogens with zero attached hydrogens (tertiary/aromatic N) is 2. The first-order valence-corrected chi connectivity index (χ1v) is 4.79. The van der Waals surface area contributed by atoms with Crippen molar-refractivity contribution in [3.8, 4) is 0 Å². The van der Waals surface area contributed by atoms with Crippen LogP contribution in [0.25, 0.3) is 10.9 Å². The number of fused-ring (bicyclic) bond motifs is 1. The van der Waals surface area contributed by atoms with Gasteiger partial charge in [-0.1, -0.05) is 23.2 Å². The Morgan fingerprint density at radius 2 is 2.15 bits per heavy atom. The molecule has 1 heterocycles. The maximum atomic E-state index is 5.93. The van der Waals surface area contributed by atoms with Crippen LogP contribution in [0.2, 0.25) is 10.2 Å². The Morgan fingerprint density at radius 3 is 2.85 bits per heavy atom. The molecule has 1 aromatic carbocycles. The standard InChI is InChI=1S/C9H8Cl2N2/c1-2-13-8-5-6(10)3-4-7(8)9(11)12-13/h3-5H,2H2,1H3. The summed E-state index contributed by atoms with van der Waals surface area (Å²) in [6.45, 7) is 2.81. The lowest BCUT2D eigenvalue weighted by molar-refractivity contribution is 0.684. The highest BCUT2D eigenvalue weighted by Crippen LogP contribution is 2.25. The van der Waals surface area contributed by atoms with Gasteiger partial charge in [0.25, 0.3) is 0 Å². The van der Waals surface area contributed by atoms with Crippen molar-refractivity contribution in [3.63, 3.8) is 0 Å². The minimum atomic E-state index is 0.536. The molecule has 0 fully saturated rings. The van der Waals surface area contributed by atoms with Gasteiger partial charge in [-0.05, 0) is 25.1 Å². The molecular weight excluding hydrogens is 207 g/mol. The van der Waals surface area contributed by atoms with Crippen LogP contribution in [0, 0.1) is 0 Å². The average Bonchev–Trinajstić information content (AvgIpc) is 2.42. The summed E-state index contributed by atoms with van der Waals surface area (Å²) < 4.78 is 1.84. The number of halogens is 2. The molecule has 0 bridgehead atoms. The lowest BCUT2D eigenvalue weighted by atomic mass is 10.2. The van der Waals surface area contributed by atoms with E-state index >= 15 is 0 Å². The molecule has 2 rings (SSSR count). The van der Waals surface area contributed by atoms with Crippen LogP contribution in [0.15, 0.2) is 18.2 Å². The Balaban J connectivity index is 2.81. The molecule has 1 aromatic heterocycles. The second-order valence-electron chi connectivity index (χ2n) is 2.77. The number of hydrogen-bond donors (Lipinski definition) is 0. The second kappa shape index (κ2) is 3.20. The summed E-state index contributed by atoms with van der Waals surface area (Å²) in [6, 6.07) is 5.58. The topological polar surface area (TPSA) is 17.8 Å². The van der Waals surface area contributed by atoms with Gasteiger partial charge in [0.15, 0.2) is 5.15 Å². The van der Waals surface area contributed by atoms with Gasteiger partial charge in [0.2, 0.25) is 0 Å². The molecule has 0 aliphatic carbocycles. The molecule has 0 aliphatic rings. The van der Waals surface area contributed by atoms with Gasteiger partial charge in [-0.2, -0.15) is 5.10 Å². The molecule has 4 heteroatoms. The largest absolute Gasteiger partial charge is 0.264 e. The van der Waals surface area contributed by atoms with E-state index < -0.39 is 0 Å². The Labute approximate surface area is 86.1 Å². The highest BCUT2D eigenvalue weighted by molar-refractivity contribution is 6.35. The van der Waals surface area contributed by atoms with Crippen molar-refractivity contribution in [1.29, 1.82) is 0 Å². The van der Waals surface area contributed by atoms with Gasteiger partial charge in [-0.15, -0.1) is 0 Å². The van der Waals surface area contributed by atoms with Crippen LogP contribution in [0.4, 0.5) is 0 Å². The van der Waals surface area contributed by atoms with E-state index in [9.17, 15) is 0 Å². The van der Waals surface area contributed by atoms with Crippen molar-refractivity contribution in [2.24, 2.45) is 0 Å². The third kappa shape index (κ3) is 1.40. The zero-order chi connectivity index (χ0) is 9.42. The first-order chi connectivity index (χ1) is 6.22. The highest BCUT2D eigenvalue weighted by Gasteiger charge is 2.06. The van der Waals surface area contributed by atoms with Crippen LogP contribution in [-0.2, 0) is 6.54 Å². The maximum Gasteiger partial charge on any atom is 0.158 e. The fourth-order valence-electron chi connectivity index (χ4n) is 1.35. The summed E-state index contributed by atoms with van der Waals surface area (Å²) in [7, 11) is 0. The maximum absolute atomic E-state index is 5.93. The van der Waals surface area contributed by atoms with E-state index in [1.807, 2.05) is 29.8 Å². The molecule has 0 atom stereocenters.